The van der Waals surface area contributed by atoms with Gasteiger partial charge in [0.2, 0.25) is 0 Å². The molecule has 0 aromatic carbocycles. The highest BCUT2D eigenvalue weighted by atomic mass is 35.5. The minimum atomic E-state index is -1.01. The Labute approximate surface area is 81.4 Å². The number of aliphatic hydroxyl groups is 1. The second kappa shape index (κ2) is 4.73. The summed E-state index contributed by atoms with van der Waals surface area (Å²) >= 11 is 16.7. The topological polar surface area (TPSA) is 29.5 Å². The fourth-order valence-corrected chi connectivity index (χ4v) is 0.766. The van der Waals surface area contributed by atoms with Crippen LogP contribution in [0.15, 0.2) is 0 Å². The first-order valence-corrected chi connectivity index (χ1v) is 4.49. The fraction of sp³-hybridized carbons (Fsp3) is 1.00. The average Bonchev–Trinajstić information content (AvgIpc) is 1.87. The van der Waals surface area contributed by atoms with Gasteiger partial charge in [-0.3, -0.25) is 0 Å². The predicted octanol–water partition coefficient (Wildman–Crippen LogP) is 2.14. The molecular formula is C6H11Cl3O2. The summed E-state index contributed by atoms with van der Waals surface area (Å²) in [5.74, 6) is 0.116. The third-order valence-electron chi connectivity index (χ3n) is 0.976. The SMILES string of the molecule is CC(O)C(Cl)OC(C)(Cl)CCl. The largest absolute Gasteiger partial charge is 0.389 e. The molecule has 0 heterocycles. The Morgan fingerprint density at radius 2 is 2.09 bits per heavy atom. The molecule has 68 valence electrons. The maximum absolute atomic E-state index is 8.92. The molecule has 0 saturated carbocycles. The molecule has 2 nitrogen and oxygen atoms in total. The van der Waals surface area contributed by atoms with E-state index in [2.05, 4.69) is 0 Å². The summed E-state index contributed by atoms with van der Waals surface area (Å²) in [5.41, 5.74) is -0.823. The van der Waals surface area contributed by atoms with Crippen LogP contribution >= 0.6 is 34.8 Å². The molecule has 0 spiro atoms. The molecule has 0 aromatic heterocycles. The summed E-state index contributed by atoms with van der Waals surface area (Å²) in [6.45, 7) is 3.10. The van der Waals surface area contributed by atoms with Crippen molar-refractivity contribution in [3.63, 3.8) is 0 Å². The maximum Gasteiger partial charge on any atom is 0.158 e. The van der Waals surface area contributed by atoms with Gasteiger partial charge in [-0.15, -0.1) is 11.6 Å². The van der Waals surface area contributed by atoms with Gasteiger partial charge in [0.1, 0.15) is 0 Å². The quantitative estimate of drug-likeness (QED) is 0.737. The van der Waals surface area contributed by atoms with Crippen molar-refractivity contribution in [2.45, 2.75) is 30.6 Å². The van der Waals surface area contributed by atoms with E-state index in [9.17, 15) is 0 Å². The van der Waals surface area contributed by atoms with E-state index in [1.807, 2.05) is 0 Å². The Morgan fingerprint density at radius 3 is 2.36 bits per heavy atom. The minimum absolute atomic E-state index is 0.116. The van der Waals surface area contributed by atoms with Crippen molar-refractivity contribution in [2.75, 3.05) is 5.88 Å². The number of rotatable bonds is 4. The van der Waals surface area contributed by atoms with Crippen molar-refractivity contribution in [3.8, 4) is 0 Å². The fourth-order valence-electron chi connectivity index (χ4n) is 0.365. The lowest BCUT2D eigenvalue weighted by atomic mass is 10.4. The molecule has 0 aromatic rings. The van der Waals surface area contributed by atoms with Gasteiger partial charge >= 0.3 is 0 Å². The second-order valence-electron chi connectivity index (χ2n) is 2.45. The van der Waals surface area contributed by atoms with Gasteiger partial charge in [0.15, 0.2) is 10.6 Å². The molecule has 0 bridgehead atoms. The van der Waals surface area contributed by atoms with Crippen LogP contribution < -0.4 is 0 Å². The number of ether oxygens (including phenoxy) is 1. The highest BCUT2D eigenvalue weighted by Crippen LogP contribution is 2.22. The molecule has 0 radical (unpaired) electrons. The van der Waals surface area contributed by atoms with Crippen LogP contribution in [0.5, 0.6) is 0 Å². The van der Waals surface area contributed by atoms with Crippen molar-refractivity contribution >= 4 is 34.8 Å². The van der Waals surface area contributed by atoms with Crippen LogP contribution in [-0.4, -0.2) is 27.7 Å². The predicted molar refractivity (Wildman–Crippen MR) is 47.4 cm³/mol. The molecule has 3 atom stereocenters. The van der Waals surface area contributed by atoms with Gasteiger partial charge in [-0.2, -0.15) is 0 Å². The molecule has 0 fully saturated rings. The van der Waals surface area contributed by atoms with Crippen molar-refractivity contribution in [1.82, 2.24) is 0 Å². The summed E-state index contributed by atoms with van der Waals surface area (Å²) in [7, 11) is 0. The summed E-state index contributed by atoms with van der Waals surface area (Å²) in [6.07, 6.45) is -0.766. The van der Waals surface area contributed by atoms with Crippen LogP contribution in [0.3, 0.4) is 0 Å². The first-order valence-electron chi connectivity index (χ1n) is 3.14. The summed E-state index contributed by atoms with van der Waals surface area (Å²) < 4.78 is 5.00. The number of aliphatic hydroxyl groups excluding tert-OH is 1. The van der Waals surface area contributed by atoms with Gasteiger partial charge in [-0.05, 0) is 13.8 Å². The maximum atomic E-state index is 8.92. The second-order valence-corrected chi connectivity index (χ2v) is 3.94. The van der Waals surface area contributed by atoms with Crippen molar-refractivity contribution in [1.29, 1.82) is 0 Å². The molecule has 0 saturated heterocycles. The standard InChI is InChI=1S/C6H11Cl3O2/c1-4(10)5(8)11-6(2,9)3-7/h4-5,10H,3H2,1-2H3. The Kier molecular flexibility index (Phi) is 5.07. The summed E-state index contributed by atoms with van der Waals surface area (Å²) in [5, 5.41) is 7.91. The van der Waals surface area contributed by atoms with E-state index in [4.69, 9.17) is 44.6 Å². The Balaban J connectivity index is 3.83. The van der Waals surface area contributed by atoms with Gasteiger partial charge in [0.25, 0.3) is 0 Å². The van der Waals surface area contributed by atoms with Crippen molar-refractivity contribution in [2.24, 2.45) is 0 Å². The van der Waals surface area contributed by atoms with Crippen LogP contribution in [0.25, 0.3) is 0 Å². The lowest BCUT2D eigenvalue weighted by molar-refractivity contribution is -0.0320. The van der Waals surface area contributed by atoms with E-state index in [0.29, 0.717) is 0 Å². The van der Waals surface area contributed by atoms with Crippen LogP contribution in [0, 0.1) is 0 Å². The number of hydrogen-bond acceptors (Lipinski definition) is 2. The summed E-state index contributed by atoms with van der Waals surface area (Å²) in [4.78, 5) is 0. The van der Waals surface area contributed by atoms with Gasteiger partial charge in [-0.1, -0.05) is 23.2 Å². The van der Waals surface area contributed by atoms with E-state index in [1.54, 1.807) is 6.92 Å². The zero-order valence-electron chi connectivity index (χ0n) is 6.35. The molecular weight excluding hydrogens is 210 g/mol. The van der Waals surface area contributed by atoms with Crippen molar-refractivity contribution in [3.05, 3.63) is 0 Å². The third kappa shape index (κ3) is 5.10. The molecule has 0 amide bonds. The molecule has 0 aliphatic rings. The molecule has 0 rings (SSSR count). The molecule has 0 aliphatic heterocycles. The van der Waals surface area contributed by atoms with Crippen molar-refractivity contribution < 1.29 is 9.84 Å². The Hall–Kier alpha value is 0.790. The number of alkyl halides is 3. The highest BCUT2D eigenvalue weighted by Gasteiger charge is 2.26. The Bertz CT molecular complexity index is 116. The molecule has 5 heteroatoms. The lowest BCUT2D eigenvalue weighted by Crippen LogP contribution is -2.32. The van der Waals surface area contributed by atoms with E-state index in [-0.39, 0.29) is 5.88 Å². The minimum Gasteiger partial charge on any atom is -0.389 e. The van der Waals surface area contributed by atoms with Crippen LogP contribution in [0.4, 0.5) is 0 Å². The first-order chi connectivity index (χ1) is 4.89. The normalized spacial score (nSPS) is 22.4. The van der Waals surface area contributed by atoms with Crippen LogP contribution in [0.1, 0.15) is 13.8 Å². The zero-order valence-corrected chi connectivity index (χ0v) is 8.62. The van der Waals surface area contributed by atoms with E-state index in [1.165, 1.54) is 6.92 Å². The number of halogens is 3. The average molecular weight is 222 g/mol. The van der Waals surface area contributed by atoms with Gasteiger partial charge in [0.05, 0.1) is 12.0 Å². The smallest absolute Gasteiger partial charge is 0.158 e. The van der Waals surface area contributed by atoms with Gasteiger partial charge in [0, 0.05) is 0 Å². The Morgan fingerprint density at radius 1 is 1.64 bits per heavy atom. The van der Waals surface area contributed by atoms with Crippen LogP contribution in [0.2, 0.25) is 0 Å². The molecule has 0 aliphatic carbocycles. The van der Waals surface area contributed by atoms with E-state index >= 15 is 0 Å². The van der Waals surface area contributed by atoms with Gasteiger partial charge in [-0.25, -0.2) is 0 Å². The lowest BCUT2D eigenvalue weighted by Gasteiger charge is -2.24. The van der Waals surface area contributed by atoms with Crippen LogP contribution in [-0.2, 0) is 4.74 Å². The highest BCUT2D eigenvalue weighted by molar-refractivity contribution is 6.30. The third-order valence-corrected chi connectivity index (χ3v) is 2.30. The molecule has 3 unspecified atom stereocenters. The number of hydrogen-bond donors (Lipinski definition) is 1. The van der Waals surface area contributed by atoms with E-state index in [0.717, 1.165) is 0 Å². The van der Waals surface area contributed by atoms with E-state index < -0.39 is 16.7 Å². The first kappa shape index (κ1) is 11.8. The monoisotopic (exact) mass is 220 g/mol. The molecule has 11 heavy (non-hydrogen) atoms. The van der Waals surface area contributed by atoms with Gasteiger partial charge < -0.3 is 9.84 Å². The zero-order chi connectivity index (χ0) is 9.07. The molecule has 1 N–H and O–H groups in total. The summed E-state index contributed by atoms with van der Waals surface area (Å²) in [6, 6.07) is 0.